The Balaban J connectivity index is 1.87. The maximum atomic E-state index is 6.40. The highest BCUT2D eigenvalue weighted by Gasteiger charge is 2.17. The summed E-state index contributed by atoms with van der Waals surface area (Å²) in [7, 11) is 0. The highest BCUT2D eigenvalue weighted by molar-refractivity contribution is 5.55. The van der Waals surface area contributed by atoms with Crippen LogP contribution < -0.4 is 15.2 Å². The number of rotatable bonds is 7. The Labute approximate surface area is 153 Å². The van der Waals surface area contributed by atoms with Crippen molar-refractivity contribution < 1.29 is 9.47 Å². The van der Waals surface area contributed by atoms with Crippen LogP contribution in [0.4, 0.5) is 0 Å². The first-order valence-electron chi connectivity index (χ1n) is 8.76. The van der Waals surface area contributed by atoms with Crippen molar-refractivity contribution >= 4 is 0 Å². The van der Waals surface area contributed by atoms with Crippen LogP contribution in [0, 0.1) is 6.92 Å². The molecule has 0 saturated heterocycles. The van der Waals surface area contributed by atoms with E-state index in [0.717, 1.165) is 16.7 Å². The van der Waals surface area contributed by atoms with Crippen molar-refractivity contribution in [1.29, 1.82) is 0 Å². The number of aryl methyl sites for hydroxylation is 1. The second kappa shape index (κ2) is 8.01. The van der Waals surface area contributed by atoms with Gasteiger partial charge in [-0.2, -0.15) is 5.10 Å². The number of H-pyrrole nitrogens is 1. The molecule has 3 aromatic rings. The van der Waals surface area contributed by atoms with Gasteiger partial charge in [-0.25, -0.2) is 4.98 Å². The molecule has 0 saturated carbocycles. The predicted molar refractivity (Wildman–Crippen MR) is 101 cm³/mol. The molecule has 0 aliphatic carbocycles. The van der Waals surface area contributed by atoms with Crippen molar-refractivity contribution in [3.05, 3.63) is 59.4 Å². The van der Waals surface area contributed by atoms with Crippen LogP contribution in [-0.2, 0) is 0 Å². The van der Waals surface area contributed by atoms with Gasteiger partial charge in [0, 0.05) is 5.56 Å². The minimum atomic E-state index is -0.434. The summed E-state index contributed by atoms with van der Waals surface area (Å²) in [6.45, 7) is 7.05. The van der Waals surface area contributed by atoms with Gasteiger partial charge in [-0.05, 0) is 44.5 Å². The number of aromatic nitrogens is 3. The Morgan fingerprint density at radius 2 is 1.81 bits per heavy atom. The van der Waals surface area contributed by atoms with Gasteiger partial charge in [0.2, 0.25) is 0 Å². The molecular weight excluding hydrogens is 328 g/mol. The average Bonchev–Trinajstić information content (AvgIpc) is 3.13. The summed E-state index contributed by atoms with van der Waals surface area (Å²) in [4.78, 5) is 4.57. The Hall–Kier alpha value is -2.86. The summed E-state index contributed by atoms with van der Waals surface area (Å²) in [6, 6.07) is 13.3. The van der Waals surface area contributed by atoms with Gasteiger partial charge in [-0.1, -0.05) is 29.8 Å². The van der Waals surface area contributed by atoms with Gasteiger partial charge >= 0.3 is 0 Å². The van der Waals surface area contributed by atoms with Crippen molar-refractivity contribution in [2.45, 2.75) is 26.8 Å². The molecule has 26 heavy (non-hydrogen) atoms. The van der Waals surface area contributed by atoms with Crippen molar-refractivity contribution in [2.75, 3.05) is 13.2 Å². The second-order valence-corrected chi connectivity index (χ2v) is 5.96. The summed E-state index contributed by atoms with van der Waals surface area (Å²) < 4.78 is 11.3. The topological polar surface area (TPSA) is 86.0 Å². The van der Waals surface area contributed by atoms with E-state index in [4.69, 9.17) is 15.2 Å². The van der Waals surface area contributed by atoms with E-state index in [1.807, 2.05) is 63.2 Å². The van der Waals surface area contributed by atoms with Crippen molar-refractivity contribution in [3.63, 3.8) is 0 Å². The zero-order valence-electron chi connectivity index (χ0n) is 15.3. The lowest BCUT2D eigenvalue weighted by atomic mass is 10.1. The third-order valence-corrected chi connectivity index (χ3v) is 4.00. The van der Waals surface area contributed by atoms with Gasteiger partial charge < -0.3 is 15.2 Å². The SMILES string of the molecule is CCOc1ccc(C(N)c2nc(-c3cccc(C)c3)n[nH]2)cc1OCC. The summed E-state index contributed by atoms with van der Waals surface area (Å²) in [5.74, 6) is 2.63. The van der Waals surface area contributed by atoms with Gasteiger partial charge in [-0.15, -0.1) is 0 Å². The predicted octanol–water partition coefficient (Wildman–Crippen LogP) is 3.63. The maximum absolute atomic E-state index is 6.40. The van der Waals surface area contributed by atoms with Crippen LogP contribution in [0.1, 0.15) is 36.8 Å². The van der Waals surface area contributed by atoms with Crippen molar-refractivity contribution in [1.82, 2.24) is 15.2 Å². The standard InChI is InChI=1S/C20H24N4O2/c1-4-25-16-10-9-14(12-17(16)26-5-2)18(21)20-22-19(23-24-20)15-8-6-7-13(3)11-15/h6-12,18H,4-5,21H2,1-3H3,(H,22,23,24). The fraction of sp³-hybridized carbons (Fsp3) is 0.300. The number of ether oxygens (including phenoxy) is 2. The van der Waals surface area contributed by atoms with E-state index >= 15 is 0 Å². The number of benzene rings is 2. The van der Waals surface area contributed by atoms with Crippen molar-refractivity contribution in [3.8, 4) is 22.9 Å². The van der Waals surface area contributed by atoms with Gasteiger partial charge in [0.25, 0.3) is 0 Å². The molecule has 0 radical (unpaired) electrons. The smallest absolute Gasteiger partial charge is 0.181 e. The molecule has 0 amide bonds. The molecule has 0 fully saturated rings. The molecule has 0 aliphatic heterocycles. The van der Waals surface area contributed by atoms with Gasteiger partial charge in [0.1, 0.15) is 5.82 Å². The number of aromatic amines is 1. The molecular formula is C20H24N4O2. The number of nitrogens with zero attached hydrogens (tertiary/aromatic N) is 2. The molecule has 136 valence electrons. The second-order valence-electron chi connectivity index (χ2n) is 5.96. The summed E-state index contributed by atoms with van der Waals surface area (Å²) in [5, 5.41) is 7.26. The first kappa shape index (κ1) is 17.9. The number of hydrogen-bond donors (Lipinski definition) is 2. The zero-order chi connectivity index (χ0) is 18.5. The fourth-order valence-electron chi connectivity index (χ4n) is 2.75. The van der Waals surface area contributed by atoms with E-state index in [2.05, 4.69) is 15.2 Å². The molecule has 2 aromatic carbocycles. The zero-order valence-corrected chi connectivity index (χ0v) is 15.3. The molecule has 3 N–H and O–H groups in total. The van der Waals surface area contributed by atoms with Crippen LogP contribution in [0.2, 0.25) is 0 Å². The first-order valence-corrected chi connectivity index (χ1v) is 8.76. The third kappa shape index (κ3) is 3.86. The Kier molecular flexibility index (Phi) is 5.53. The Morgan fingerprint density at radius 3 is 2.54 bits per heavy atom. The molecule has 1 aromatic heterocycles. The van der Waals surface area contributed by atoms with Gasteiger partial charge in [0.05, 0.1) is 19.3 Å². The molecule has 0 spiro atoms. The molecule has 1 heterocycles. The number of hydrogen-bond acceptors (Lipinski definition) is 5. The van der Waals surface area contributed by atoms with E-state index in [1.54, 1.807) is 0 Å². The van der Waals surface area contributed by atoms with E-state index < -0.39 is 6.04 Å². The van der Waals surface area contributed by atoms with Gasteiger partial charge in [-0.3, -0.25) is 5.10 Å². The monoisotopic (exact) mass is 352 g/mol. The molecule has 0 aliphatic rings. The average molecular weight is 352 g/mol. The highest BCUT2D eigenvalue weighted by atomic mass is 16.5. The molecule has 6 nitrogen and oxygen atoms in total. The minimum absolute atomic E-state index is 0.434. The van der Waals surface area contributed by atoms with Crippen LogP contribution in [0.5, 0.6) is 11.5 Å². The molecule has 1 atom stereocenters. The van der Waals surface area contributed by atoms with Crippen molar-refractivity contribution in [2.24, 2.45) is 5.73 Å². The van der Waals surface area contributed by atoms with Crippen LogP contribution in [-0.4, -0.2) is 28.4 Å². The highest BCUT2D eigenvalue weighted by Crippen LogP contribution is 2.31. The number of nitrogens with two attached hydrogens (primary N) is 1. The molecule has 3 rings (SSSR count). The third-order valence-electron chi connectivity index (χ3n) is 4.00. The normalized spacial score (nSPS) is 12.0. The number of nitrogens with one attached hydrogen (secondary N) is 1. The van der Waals surface area contributed by atoms with Crippen LogP contribution in [0.15, 0.2) is 42.5 Å². The van der Waals surface area contributed by atoms with Crippen LogP contribution >= 0.6 is 0 Å². The van der Waals surface area contributed by atoms with E-state index in [1.165, 1.54) is 0 Å². The summed E-state index contributed by atoms with van der Waals surface area (Å²) >= 11 is 0. The van der Waals surface area contributed by atoms with E-state index in [9.17, 15) is 0 Å². The fourth-order valence-corrected chi connectivity index (χ4v) is 2.75. The molecule has 0 bridgehead atoms. The quantitative estimate of drug-likeness (QED) is 0.678. The first-order chi connectivity index (χ1) is 12.6. The lowest BCUT2D eigenvalue weighted by molar-refractivity contribution is 0.287. The lowest BCUT2D eigenvalue weighted by Gasteiger charge is -2.14. The van der Waals surface area contributed by atoms with E-state index in [-0.39, 0.29) is 0 Å². The lowest BCUT2D eigenvalue weighted by Crippen LogP contribution is -2.14. The Bertz CT molecular complexity index is 876. The minimum Gasteiger partial charge on any atom is -0.490 e. The molecule has 6 heteroatoms. The largest absolute Gasteiger partial charge is 0.490 e. The molecule has 1 unspecified atom stereocenters. The Morgan fingerprint density at radius 1 is 1.04 bits per heavy atom. The van der Waals surface area contributed by atoms with Crippen LogP contribution in [0.25, 0.3) is 11.4 Å². The van der Waals surface area contributed by atoms with Crippen LogP contribution in [0.3, 0.4) is 0 Å². The van der Waals surface area contributed by atoms with E-state index in [0.29, 0.717) is 36.4 Å². The summed E-state index contributed by atoms with van der Waals surface area (Å²) in [5.41, 5.74) is 9.39. The maximum Gasteiger partial charge on any atom is 0.181 e. The summed E-state index contributed by atoms with van der Waals surface area (Å²) in [6.07, 6.45) is 0. The van der Waals surface area contributed by atoms with Gasteiger partial charge in [0.15, 0.2) is 17.3 Å².